The Balaban J connectivity index is 1.37. The first kappa shape index (κ1) is 21.0. The van der Waals surface area contributed by atoms with E-state index >= 15 is 0 Å². The van der Waals surface area contributed by atoms with E-state index in [4.69, 9.17) is 14.5 Å². The predicted molar refractivity (Wildman–Crippen MR) is 124 cm³/mol. The molecule has 1 amide bonds. The van der Waals surface area contributed by atoms with Crippen molar-refractivity contribution >= 4 is 23.0 Å². The summed E-state index contributed by atoms with van der Waals surface area (Å²) < 4.78 is 15.5. The van der Waals surface area contributed by atoms with Gasteiger partial charge in [-0.3, -0.25) is 9.20 Å². The van der Waals surface area contributed by atoms with E-state index in [2.05, 4.69) is 27.3 Å². The first-order valence-corrected chi connectivity index (χ1v) is 11.6. The number of aromatic nitrogens is 6. The number of nitrogens with zero attached hydrogens (tertiary/aromatic N) is 6. The number of carbonyl (C=O) groups excluding carboxylic acids is 1. The number of nitrogens with one attached hydrogen (secondary N) is 1. The number of carbonyl (C=O) groups is 1. The second kappa shape index (κ2) is 7.49. The van der Waals surface area contributed by atoms with Crippen molar-refractivity contribution in [2.24, 2.45) is 0 Å². The van der Waals surface area contributed by atoms with Crippen LogP contribution in [0.5, 0.6) is 5.88 Å². The van der Waals surface area contributed by atoms with Gasteiger partial charge in [0.2, 0.25) is 11.7 Å². The van der Waals surface area contributed by atoms with Gasteiger partial charge in [-0.25, -0.2) is 14.5 Å². The molecule has 0 atom stereocenters. The molecule has 1 N–H and O–H groups in total. The Hall–Kier alpha value is -3.53. The summed E-state index contributed by atoms with van der Waals surface area (Å²) in [5.41, 5.74) is 2.24. The number of hydrogen-bond acceptors (Lipinski definition) is 7. The molecule has 0 spiro atoms. The fourth-order valence-electron chi connectivity index (χ4n) is 4.92. The van der Waals surface area contributed by atoms with Crippen molar-refractivity contribution in [3.8, 4) is 5.88 Å². The zero-order chi connectivity index (χ0) is 23.5. The zero-order valence-corrected chi connectivity index (χ0v) is 19.5. The van der Waals surface area contributed by atoms with E-state index in [1.54, 1.807) is 35.4 Å². The SMILES string of the molecule is CC(C)Oc1nc2nc(C34CCC(C)(CC3)OC4)cn2cc1C(=O)Nc1cnn2cccnc12. The fraction of sp³-hybridized carbons (Fsp3) is 0.458. The Morgan fingerprint density at radius 1 is 1.21 bits per heavy atom. The molecule has 4 aromatic rings. The molecule has 3 fully saturated rings. The standard InChI is InChI=1S/C24H27N7O3/c1-15(2)34-21-16(20(32)27-17-11-26-31-10-4-9-25-19(17)31)12-30-13-18(28-22(30)29-21)24-7-5-23(3,6-8-24)33-14-24/h4,9-13,15H,5-8,14H2,1-3H3,(H,27,32). The summed E-state index contributed by atoms with van der Waals surface area (Å²) in [4.78, 5) is 27.1. The third kappa shape index (κ3) is 3.40. The number of amides is 1. The maximum absolute atomic E-state index is 13.3. The lowest BCUT2D eigenvalue weighted by molar-refractivity contribution is -0.146. The number of anilines is 1. The third-order valence-corrected chi connectivity index (χ3v) is 7.04. The molecule has 10 heteroatoms. The highest BCUT2D eigenvalue weighted by Crippen LogP contribution is 2.49. The molecular formula is C24H27N7O3. The minimum atomic E-state index is -0.353. The molecule has 34 heavy (non-hydrogen) atoms. The summed E-state index contributed by atoms with van der Waals surface area (Å²) in [7, 11) is 0. The van der Waals surface area contributed by atoms with Crippen LogP contribution in [0.25, 0.3) is 11.4 Å². The quantitative estimate of drug-likeness (QED) is 0.485. The highest BCUT2D eigenvalue weighted by molar-refractivity contribution is 6.07. The first-order valence-electron chi connectivity index (χ1n) is 11.6. The number of rotatable bonds is 5. The van der Waals surface area contributed by atoms with Crippen LogP contribution in [-0.2, 0) is 10.2 Å². The van der Waals surface area contributed by atoms with Crippen LogP contribution in [0.2, 0.25) is 0 Å². The molecule has 0 unspecified atom stereocenters. The molecule has 2 saturated heterocycles. The molecule has 10 nitrogen and oxygen atoms in total. The number of fused-ring (bicyclic) bond motifs is 5. The molecule has 2 bridgehead atoms. The minimum Gasteiger partial charge on any atom is -0.474 e. The average Bonchev–Trinajstić information content (AvgIpc) is 3.43. The molecule has 2 aliphatic heterocycles. The van der Waals surface area contributed by atoms with Gasteiger partial charge in [0.1, 0.15) is 11.3 Å². The molecule has 1 aliphatic carbocycles. The van der Waals surface area contributed by atoms with E-state index in [1.807, 2.05) is 24.4 Å². The highest BCUT2D eigenvalue weighted by atomic mass is 16.5. The van der Waals surface area contributed by atoms with E-state index in [0.717, 1.165) is 31.4 Å². The Kier molecular flexibility index (Phi) is 4.63. The van der Waals surface area contributed by atoms with Crippen LogP contribution in [0.4, 0.5) is 5.69 Å². The van der Waals surface area contributed by atoms with Gasteiger partial charge in [-0.15, -0.1) is 0 Å². The van der Waals surface area contributed by atoms with Gasteiger partial charge in [-0.1, -0.05) is 0 Å². The molecule has 3 aliphatic rings. The van der Waals surface area contributed by atoms with Crippen LogP contribution < -0.4 is 10.1 Å². The number of ether oxygens (including phenoxy) is 2. The number of imidazole rings is 1. The molecule has 7 rings (SSSR count). The summed E-state index contributed by atoms with van der Waals surface area (Å²) in [5, 5.41) is 7.13. The molecule has 4 aromatic heterocycles. The molecule has 1 saturated carbocycles. The summed E-state index contributed by atoms with van der Waals surface area (Å²) in [6, 6.07) is 1.78. The Labute approximate surface area is 196 Å². The van der Waals surface area contributed by atoms with E-state index in [9.17, 15) is 4.79 Å². The molecule has 0 radical (unpaired) electrons. The third-order valence-electron chi connectivity index (χ3n) is 7.04. The van der Waals surface area contributed by atoms with Crippen molar-refractivity contribution < 1.29 is 14.3 Å². The fourth-order valence-corrected chi connectivity index (χ4v) is 4.92. The Morgan fingerprint density at radius 3 is 2.76 bits per heavy atom. The Morgan fingerprint density at radius 2 is 2.03 bits per heavy atom. The summed E-state index contributed by atoms with van der Waals surface area (Å²) in [6.45, 7) is 6.66. The lowest BCUT2D eigenvalue weighted by Crippen LogP contribution is -2.51. The van der Waals surface area contributed by atoms with Crippen molar-refractivity contribution in [1.82, 2.24) is 29.0 Å². The summed E-state index contributed by atoms with van der Waals surface area (Å²) >= 11 is 0. The van der Waals surface area contributed by atoms with Crippen LogP contribution in [0.15, 0.2) is 37.1 Å². The lowest BCUT2D eigenvalue weighted by atomic mass is 9.65. The number of hydrogen-bond donors (Lipinski definition) is 1. The smallest absolute Gasteiger partial charge is 0.262 e. The molecule has 176 valence electrons. The largest absolute Gasteiger partial charge is 0.474 e. The lowest BCUT2D eigenvalue weighted by Gasteiger charge is -2.51. The van der Waals surface area contributed by atoms with Gasteiger partial charge < -0.3 is 14.8 Å². The van der Waals surface area contributed by atoms with Gasteiger partial charge in [0.05, 0.1) is 30.2 Å². The predicted octanol–water partition coefficient (Wildman–Crippen LogP) is 3.41. The topological polar surface area (TPSA) is 108 Å². The first-order chi connectivity index (χ1) is 16.3. The van der Waals surface area contributed by atoms with Crippen LogP contribution in [0.3, 0.4) is 0 Å². The summed E-state index contributed by atoms with van der Waals surface area (Å²) in [6.07, 6.45) is 12.7. The zero-order valence-electron chi connectivity index (χ0n) is 19.5. The maximum atomic E-state index is 13.3. The van der Waals surface area contributed by atoms with Crippen molar-refractivity contribution in [3.05, 3.63) is 48.3 Å². The Bertz CT molecular complexity index is 1380. The monoisotopic (exact) mass is 461 g/mol. The van der Waals surface area contributed by atoms with Gasteiger partial charge in [-0.05, 0) is 52.5 Å². The normalized spacial score (nSPS) is 24.2. The van der Waals surface area contributed by atoms with E-state index in [0.29, 0.717) is 29.3 Å². The van der Waals surface area contributed by atoms with Crippen molar-refractivity contribution in [2.45, 2.75) is 63.6 Å². The van der Waals surface area contributed by atoms with Gasteiger partial charge in [0, 0.05) is 30.2 Å². The van der Waals surface area contributed by atoms with Gasteiger partial charge >= 0.3 is 0 Å². The minimum absolute atomic E-state index is 0.00430. The summed E-state index contributed by atoms with van der Waals surface area (Å²) in [5.74, 6) is 0.400. The average molecular weight is 462 g/mol. The van der Waals surface area contributed by atoms with Gasteiger partial charge in [-0.2, -0.15) is 10.1 Å². The van der Waals surface area contributed by atoms with Crippen LogP contribution in [-0.4, -0.2) is 53.2 Å². The van der Waals surface area contributed by atoms with Crippen LogP contribution in [0, 0.1) is 0 Å². The molecule has 0 aromatic carbocycles. The van der Waals surface area contributed by atoms with Gasteiger partial charge in [0.25, 0.3) is 5.91 Å². The van der Waals surface area contributed by atoms with Crippen molar-refractivity contribution in [3.63, 3.8) is 0 Å². The van der Waals surface area contributed by atoms with Crippen molar-refractivity contribution in [2.75, 3.05) is 11.9 Å². The van der Waals surface area contributed by atoms with Gasteiger partial charge in [0.15, 0.2) is 5.65 Å². The second-order valence-corrected chi connectivity index (χ2v) is 9.88. The highest BCUT2D eigenvalue weighted by Gasteiger charge is 2.49. The second-order valence-electron chi connectivity index (χ2n) is 9.88. The van der Waals surface area contributed by atoms with E-state index in [1.165, 1.54) is 0 Å². The van der Waals surface area contributed by atoms with Crippen molar-refractivity contribution in [1.29, 1.82) is 0 Å². The van der Waals surface area contributed by atoms with E-state index < -0.39 is 0 Å². The molecular weight excluding hydrogens is 434 g/mol. The van der Waals surface area contributed by atoms with Crippen LogP contribution in [0.1, 0.15) is 62.5 Å². The van der Waals surface area contributed by atoms with E-state index in [-0.39, 0.29) is 28.9 Å². The van der Waals surface area contributed by atoms with Crippen LogP contribution >= 0.6 is 0 Å². The maximum Gasteiger partial charge on any atom is 0.262 e. The molecule has 6 heterocycles.